The maximum Gasteiger partial charge on any atom is 0.257 e. The fraction of sp³-hybridized carbons (Fsp3) is 0.444. The number of rotatable bonds is 11. The first-order chi connectivity index (χ1) is 18.3. The maximum absolute atomic E-state index is 13.3. The third kappa shape index (κ3) is 8.27. The molecule has 1 saturated heterocycles. The Morgan fingerprint density at radius 1 is 1.13 bits per heavy atom. The normalized spacial score (nSPS) is 18.2. The molecule has 8 N–H and O–H groups in total. The zero-order valence-electron chi connectivity index (χ0n) is 21.4. The first kappa shape index (κ1) is 28.6. The molecule has 1 aromatic carbocycles. The summed E-state index contributed by atoms with van der Waals surface area (Å²) in [5, 5.41) is 15.1. The molecule has 0 spiro atoms. The van der Waals surface area contributed by atoms with E-state index in [-0.39, 0.29) is 18.3 Å². The zero-order valence-corrected chi connectivity index (χ0v) is 21.4. The molecule has 4 amide bonds. The van der Waals surface area contributed by atoms with Crippen molar-refractivity contribution in [2.24, 2.45) is 11.5 Å². The molecule has 0 aromatic heterocycles. The Morgan fingerprint density at radius 3 is 2.58 bits per heavy atom. The average Bonchev–Trinajstić information content (AvgIpc) is 3.41. The van der Waals surface area contributed by atoms with Crippen molar-refractivity contribution in [2.45, 2.75) is 63.1 Å². The lowest BCUT2D eigenvalue weighted by atomic mass is 10.0. The number of benzene rings is 1. The van der Waals surface area contributed by atoms with Crippen molar-refractivity contribution in [1.82, 2.24) is 20.9 Å². The standard InChI is InChI=1S/C27H37N7O4/c28-20(17-18-9-3-1-4-10-18)26(38)34-16-8-14-22(34)25(37)32-21(13-7-15-31-27(29)30)24(36)33-23(35)19-11-5-2-6-12-19/h1,3-5,9-12,20-22H,2,6-8,13-17,28H2,(H,32,37)(H4,29,30,31)(H,33,35,36)/t20-,21-,22-/m0/s1. The van der Waals surface area contributed by atoms with Gasteiger partial charge < -0.3 is 27.0 Å². The van der Waals surface area contributed by atoms with Crippen LogP contribution in [0.15, 0.2) is 54.1 Å². The third-order valence-corrected chi connectivity index (χ3v) is 6.57. The average molecular weight is 524 g/mol. The lowest BCUT2D eigenvalue weighted by Gasteiger charge is -2.28. The number of nitrogens with one attached hydrogen (secondary N) is 4. The van der Waals surface area contributed by atoms with Gasteiger partial charge in [-0.2, -0.15) is 0 Å². The number of likely N-dealkylation sites (tertiary alicyclic amines) is 1. The minimum atomic E-state index is -1.01. The summed E-state index contributed by atoms with van der Waals surface area (Å²) >= 11 is 0. The minimum absolute atomic E-state index is 0.201. The second-order valence-corrected chi connectivity index (χ2v) is 9.49. The van der Waals surface area contributed by atoms with Crippen molar-refractivity contribution in [3.8, 4) is 0 Å². The van der Waals surface area contributed by atoms with Crippen molar-refractivity contribution < 1.29 is 19.2 Å². The lowest BCUT2D eigenvalue weighted by molar-refractivity contribution is -0.140. The van der Waals surface area contributed by atoms with Crippen LogP contribution in [0.5, 0.6) is 0 Å². The smallest absolute Gasteiger partial charge is 0.257 e. The Bertz CT molecular complexity index is 1090. The Kier molecular flexibility index (Phi) is 10.6. The molecule has 0 saturated carbocycles. The quantitative estimate of drug-likeness (QED) is 0.136. The highest BCUT2D eigenvalue weighted by Crippen LogP contribution is 2.20. The molecule has 11 heteroatoms. The van der Waals surface area contributed by atoms with Gasteiger partial charge in [-0.05, 0) is 50.5 Å². The van der Waals surface area contributed by atoms with Crippen LogP contribution < -0.4 is 27.4 Å². The zero-order chi connectivity index (χ0) is 27.5. The van der Waals surface area contributed by atoms with E-state index in [0.29, 0.717) is 50.8 Å². The van der Waals surface area contributed by atoms with Crippen LogP contribution in [0.2, 0.25) is 0 Å². The largest absolute Gasteiger partial charge is 0.370 e. The van der Waals surface area contributed by atoms with E-state index >= 15 is 0 Å². The van der Waals surface area contributed by atoms with E-state index in [9.17, 15) is 19.2 Å². The van der Waals surface area contributed by atoms with Gasteiger partial charge in [0.15, 0.2) is 5.96 Å². The van der Waals surface area contributed by atoms with Crippen LogP contribution in [-0.4, -0.2) is 65.7 Å². The summed E-state index contributed by atoms with van der Waals surface area (Å²) in [5.74, 6) is -2.15. The van der Waals surface area contributed by atoms with Crippen LogP contribution in [0.25, 0.3) is 0 Å². The van der Waals surface area contributed by atoms with Crippen molar-refractivity contribution >= 4 is 29.6 Å². The summed E-state index contributed by atoms with van der Waals surface area (Å²) in [7, 11) is 0. The van der Waals surface area contributed by atoms with E-state index in [1.54, 1.807) is 12.2 Å². The fourth-order valence-electron chi connectivity index (χ4n) is 4.59. The summed E-state index contributed by atoms with van der Waals surface area (Å²) < 4.78 is 0. The molecule has 1 heterocycles. The van der Waals surface area contributed by atoms with Gasteiger partial charge >= 0.3 is 0 Å². The molecule has 3 rings (SSSR count). The predicted molar refractivity (Wildman–Crippen MR) is 144 cm³/mol. The van der Waals surface area contributed by atoms with Gasteiger partial charge in [-0.15, -0.1) is 0 Å². The number of hydrogen-bond acceptors (Lipinski definition) is 6. The van der Waals surface area contributed by atoms with Gasteiger partial charge in [-0.1, -0.05) is 48.6 Å². The number of imide groups is 1. The Hall–Kier alpha value is -3.99. The molecule has 38 heavy (non-hydrogen) atoms. The molecule has 0 unspecified atom stereocenters. The van der Waals surface area contributed by atoms with Crippen molar-refractivity contribution in [2.75, 3.05) is 13.1 Å². The number of amides is 4. The monoisotopic (exact) mass is 523 g/mol. The first-order valence-corrected chi connectivity index (χ1v) is 13.0. The molecule has 0 radical (unpaired) electrons. The van der Waals surface area contributed by atoms with E-state index in [1.165, 1.54) is 4.90 Å². The van der Waals surface area contributed by atoms with E-state index in [4.69, 9.17) is 16.9 Å². The van der Waals surface area contributed by atoms with E-state index in [1.807, 2.05) is 36.4 Å². The summed E-state index contributed by atoms with van der Waals surface area (Å²) in [6.45, 7) is 0.719. The van der Waals surface area contributed by atoms with E-state index < -0.39 is 35.8 Å². The van der Waals surface area contributed by atoms with Gasteiger partial charge in [0.25, 0.3) is 5.91 Å². The third-order valence-electron chi connectivity index (χ3n) is 6.57. The topological polar surface area (TPSA) is 184 Å². The number of nitrogens with zero attached hydrogens (tertiary/aromatic N) is 1. The van der Waals surface area contributed by atoms with Crippen LogP contribution in [0.4, 0.5) is 0 Å². The highest BCUT2D eigenvalue weighted by atomic mass is 16.2. The SMILES string of the molecule is N=C(N)NCCC[C@H](NC(=O)[C@@H]1CCCN1C(=O)[C@@H](N)Cc1ccccc1)C(=O)NC(=O)C1=CCCC=C1. The molecule has 1 aliphatic heterocycles. The second-order valence-electron chi connectivity index (χ2n) is 9.49. The van der Waals surface area contributed by atoms with Gasteiger partial charge in [0.2, 0.25) is 17.7 Å². The molecular formula is C27H37N7O4. The van der Waals surface area contributed by atoms with E-state index in [2.05, 4.69) is 16.0 Å². The van der Waals surface area contributed by atoms with E-state index in [0.717, 1.165) is 12.0 Å². The lowest BCUT2D eigenvalue weighted by Crippen LogP contribution is -2.56. The molecule has 2 aliphatic rings. The van der Waals surface area contributed by atoms with Gasteiger partial charge in [0, 0.05) is 18.7 Å². The van der Waals surface area contributed by atoms with Crippen LogP contribution >= 0.6 is 0 Å². The summed E-state index contributed by atoms with van der Waals surface area (Å²) in [5.41, 5.74) is 12.8. The molecule has 1 fully saturated rings. The first-order valence-electron chi connectivity index (χ1n) is 13.0. The maximum atomic E-state index is 13.3. The summed E-state index contributed by atoms with van der Waals surface area (Å²) in [4.78, 5) is 53.5. The highest BCUT2D eigenvalue weighted by Gasteiger charge is 2.37. The van der Waals surface area contributed by atoms with Crippen LogP contribution in [0.1, 0.15) is 44.1 Å². The van der Waals surface area contributed by atoms with Crippen molar-refractivity contribution in [3.63, 3.8) is 0 Å². The van der Waals surface area contributed by atoms with Crippen LogP contribution in [-0.2, 0) is 25.6 Å². The molecule has 1 aliphatic carbocycles. The Labute approximate surface area is 222 Å². The molecule has 3 atom stereocenters. The summed E-state index contributed by atoms with van der Waals surface area (Å²) in [6, 6.07) is 6.87. The Balaban J connectivity index is 1.64. The predicted octanol–water partition coefficient (Wildman–Crippen LogP) is 0.215. The van der Waals surface area contributed by atoms with Crippen molar-refractivity contribution in [3.05, 3.63) is 59.7 Å². The molecule has 204 valence electrons. The van der Waals surface area contributed by atoms with Gasteiger partial charge in [0.05, 0.1) is 6.04 Å². The molecular weight excluding hydrogens is 486 g/mol. The van der Waals surface area contributed by atoms with Crippen molar-refractivity contribution in [1.29, 1.82) is 5.41 Å². The summed E-state index contributed by atoms with van der Waals surface area (Å²) in [6.07, 6.45) is 8.88. The number of carbonyl (C=O) groups excluding carboxylic acids is 4. The molecule has 0 bridgehead atoms. The molecule has 11 nitrogen and oxygen atoms in total. The fourth-order valence-corrected chi connectivity index (χ4v) is 4.59. The van der Waals surface area contributed by atoms with Crippen LogP contribution in [0, 0.1) is 5.41 Å². The number of nitrogens with two attached hydrogens (primary N) is 2. The van der Waals surface area contributed by atoms with Gasteiger partial charge in [-0.3, -0.25) is 29.9 Å². The second kappa shape index (κ2) is 14.1. The molecule has 1 aromatic rings. The minimum Gasteiger partial charge on any atom is -0.370 e. The number of allylic oxidation sites excluding steroid dienone is 2. The van der Waals surface area contributed by atoms with Gasteiger partial charge in [0.1, 0.15) is 12.1 Å². The number of carbonyl (C=O) groups is 4. The highest BCUT2D eigenvalue weighted by molar-refractivity contribution is 6.08. The number of hydrogen-bond donors (Lipinski definition) is 6. The van der Waals surface area contributed by atoms with Gasteiger partial charge in [-0.25, -0.2) is 0 Å². The van der Waals surface area contributed by atoms with Crippen LogP contribution in [0.3, 0.4) is 0 Å². The Morgan fingerprint density at radius 2 is 1.89 bits per heavy atom. The number of guanidine groups is 1.